The number of hydrogen-bond donors (Lipinski definition) is 1. The molecule has 0 bridgehead atoms. The van der Waals surface area contributed by atoms with Crippen LogP contribution in [0.2, 0.25) is 0 Å². The molecule has 0 rings (SSSR count). The van der Waals surface area contributed by atoms with E-state index in [9.17, 15) is 4.79 Å². The summed E-state index contributed by atoms with van der Waals surface area (Å²) < 4.78 is 10.9. The minimum absolute atomic E-state index is 0.192. The van der Waals surface area contributed by atoms with Crippen molar-refractivity contribution in [2.24, 2.45) is 5.73 Å². The third-order valence-corrected chi connectivity index (χ3v) is 2.35. The molecule has 0 fully saturated rings. The highest BCUT2D eigenvalue weighted by Gasteiger charge is 2.23. The van der Waals surface area contributed by atoms with Crippen molar-refractivity contribution >= 4 is 5.91 Å². The fourth-order valence-electron chi connectivity index (χ4n) is 1.15. The van der Waals surface area contributed by atoms with E-state index >= 15 is 0 Å². The fourth-order valence-corrected chi connectivity index (χ4v) is 1.15. The molecule has 0 aliphatic carbocycles. The Bertz CT molecular complexity index is 212. The van der Waals surface area contributed by atoms with E-state index < -0.39 is 5.60 Å². The number of amides is 1. The quantitative estimate of drug-likeness (QED) is 0.702. The van der Waals surface area contributed by atoms with Gasteiger partial charge in [-0.3, -0.25) is 4.79 Å². The molecule has 0 saturated heterocycles. The van der Waals surface area contributed by atoms with Gasteiger partial charge in [0.05, 0.1) is 24.2 Å². The van der Waals surface area contributed by atoms with Crippen molar-refractivity contribution in [3.8, 4) is 0 Å². The van der Waals surface area contributed by atoms with Gasteiger partial charge in [0.1, 0.15) is 0 Å². The standard InChI is InChI=1S/C11H23NO3/c1-10(2,14-5)6-7-15-11(3,4)8-9(12)13/h6-8H2,1-5H3,(H2,12,13). The van der Waals surface area contributed by atoms with Crippen molar-refractivity contribution in [1.29, 1.82) is 0 Å². The molecule has 0 aliphatic heterocycles. The Morgan fingerprint density at radius 1 is 1.20 bits per heavy atom. The van der Waals surface area contributed by atoms with Gasteiger partial charge in [-0.05, 0) is 34.1 Å². The second kappa shape index (κ2) is 5.47. The minimum atomic E-state index is -0.490. The lowest BCUT2D eigenvalue weighted by Crippen LogP contribution is -2.33. The summed E-state index contributed by atoms with van der Waals surface area (Å²) in [5, 5.41) is 0. The molecule has 0 unspecified atom stereocenters. The van der Waals surface area contributed by atoms with Crippen molar-refractivity contribution in [3.05, 3.63) is 0 Å². The van der Waals surface area contributed by atoms with E-state index in [4.69, 9.17) is 15.2 Å². The molecule has 0 aromatic heterocycles. The number of primary amides is 1. The number of methoxy groups -OCH3 is 1. The summed E-state index contributed by atoms with van der Waals surface area (Å²) in [5.41, 5.74) is 4.44. The maximum Gasteiger partial charge on any atom is 0.220 e. The van der Waals surface area contributed by atoms with Crippen molar-refractivity contribution in [1.82, 2.24) is 0 Å². The topological polar surface area (TPSA) is 61.6 Å². The van der Waals surface area contributed by atoms with Gasteiger partial charge < -0.3 is 15.2 Å². The van der Waals surface area contributed by atoms with Gasteiger partial charge in [-0.15, -0.1) is 0 Å². The zero-order valence-corrected chi connectivity index (χ0v) is 10.4. The SMILES string of the molecule is COC(C)(C)CCOC(C)(C)CC(N)=O. The van der Waals surface area contributed by atoms with E-state index in [1.54, 1.807) is 7.11 Å². The van der Waals surface area contributed by atoms with Crippen LogP contribution in [0, 0.1) is 0 Å². The maximum absolute atomic E-state index is 10.7. The minimum Gasteiger partial charge on any atom is -0.379 e. The van der Waals surface area contributed by atoms with E-state index in [1.807, 2.05) is 27.7 Å². The number of nitrogens with two attached hydrogens (primary N) is 1. The van der Waals surface area contributed by atoms with Gasteiger partial charge in [-0.1, -0.05) is 0 Å². The number of carbonyl (C=O) groups excluding carboxylic acids is 1. The first-order chi connectivity index (χ1) is 6.68. The third kappa shape index (κ3) is 7.33. The number of ether oxygens (including phenoxy) is 2. The molecular weight excluding hydrogens is 194 g/mol. The molecule has 0 atom stereocenters. The summed E-state index contributed by atoms with van der Waals surface area (Å²) in [6.45, 7) is 8.27. The smallest absolute Gasteiger partial charge is 0.220 e. The van der Waals surface area contributed by atoms with Gasteiger partial charge in [0.2, 0.25) is 5.91 Å². The van der Waals surface area contributed by atoms with E-state index in [2.05, 4.69) is 0 Å². The van der Waals surface area contributed by atoms with Gasteiger partial charge in [0.25, 0.3) is 0 Å². The lowest BCUT2D eigenvalue weighted by molar-refractivity contribution is -0.125. The lowest BCUT2D eigenvalue weighted by atomic mass is 10.0. The predicted molar refractivity (Wildman–Crippen MR) is 59.5 cm³/mol. The number of hydrogen-bond acceptors (Lipinski definition) is 3. The lowest BCUT2D eigenvalue weighted by Gasteiger charge is -2.27. The highest BCUT2D eigenvalue weighted by atomic mass is 16.5. The number of carbonyl (C=O) groups is 1. The summed E-state index contributed by atoms with van der Waals surface area (Å²) in [5.74, 6) is -0.342. The summed E-state index contributed by atoms with van der Waals surface area (Å²) in [7, 11) is 1.68. The average Bonchev–Trinajstić information content (AvgIpc) is 2.00. The zero-order valence-electron chi connectivity index (χ0n) is 10.4. The molecule has 0 aliphatic rings. The largest absolute Gasteiger partial charge is 0.379 e. The molecule has 15 heavy (non-hydrogen) atoms. The van der Waals surface area contributed by atoms with Crippen molar-refractivity contribution in [2.75, 3.05) is 13.7 Å². The Hall–Kier alpha value is -0.610. The molecule has 90 valence electrons. The number of rotatable bonds is 7. The summed E-state index contributed by atoms with van der Waals surface area (Å²) in [6, 6.07) is 0. The average molecular weight is 217 g/mol. The summed E-state index contributed by atoms with van der Waals surface area (Å²) >= 11 is 0. The highest BCUT2D eigenvalue weighted by molar-refractivity contribution is 5.74. The molecular formula is C11H23NO3. The van der Waals surface area contributed by atoms with Gasteiger partial charge in [0.15, 0.2) is 0 Å². The second-order valence-electron chi connectivity index (χ2n) is 4.97. The zero-order chi connectivity index (χ0) is 12.1. The highest BCUT2D eigenvalue weighted by Crippen LogP contribution is 2.18. The van der Waals surface area contributed by atoms with Crippen LogP contribution >= 0.6 is 0 Å². The van der Waals surface area contributed by atoms with Gasteiger partial charge in [0, 0.05) is 7.11 Å². The Morgan fingerprint density at radius 3 is 2.13 bits per heavy atom. The fraction of sp³-hybridized carbons (Fsp3) is 0.909. The Kier molecular flexibility index (Phi) is 5.24. The molecule has 4 heteroatoms. The first-order valence-corrected chi connectivity index (χ1v) is 5.16. The van der Waals surface area contributed by atoms with Gasteiger partial charge in [-0.25, -0.2) is 0 Å². The van der Waals surface area contributed by atoms with E-state index in [0.29, 0.717) is 6.61 Å². The van der Waals surface area contributed by atoms with E-state index in [0.717, 1.165) is 6.42 Å². The Balaban J connectivity index is 3.89. The van der Waals surface area contributed by atoms with Gasteiger partial charge in [-0.2, -0.15) is 0 Å². The molecule has 1 amide bonds. The summed E-state index contributed by atoms with van der Waals surface area (Å²) in [4.78, 5) is 10.7. The molecule has 0 heterocycles. The molecule has 0 spiro atoms. The molecule has 0 aromatic carbocycles. The van der Waals surface area contributed by atoms with Crippen molar-refractivity contribution in [3.63, 3.8) is 0 Å². The second-order valence-corrected chi connectivity index (χ2v) is 4.97. The first kappa shape index (κ1) is 14.4. The van der Waals surface area contributed by atoms with Crippen LogP contribution < -0.4 is 5.73 Å². The predicted octanol–water partition coefficient (Wildman–Crippen LogP) is 1.47. The van der Waals surface area contributed by atoms with Gasteiger partial charge >= 0.3 is 0 Å². The summed E-state index contributed by atoms with van der Waals surface area (Å²) in [6.07, 6.45) is 1.02. The molecule has 4 nitrogen and oxygen atoms in total. The van der Waals surface area contributed by atoms with E-state index in [1.165, 1.54) is 0 Å². The van der Waals surface area contributed by atoms with Crippen LogP contribution in [-0.2, 0) is 14.3 Å². The van der Waals surface area contributed by atoms with Crippen LogP contribution in [0.4, 0.5) is 0 Å². The molecule has 0 aromatic rings. The van der Waals surface area contributed by atoms with Crippen molar-refractivity contribution < 1.29 is 14.3 Å². The Morgan fingerprint density at radius 2 is 1.73 bits per heavy atom. The molecule has 2 N–H and O–H groups in total. The van der Waals surface area contributed by atoms with E-state index in [-0.39, 0.29) is 17.9 Å². The van der Waals surface area contributed by atoms with Crippen molar-refractivity contribution in [2.45, 2.75) is 51.7 Å². The first-order valence-electron chi connectivity index (χ1n) is 5.16. The van der Waals surface area contributed by atoms with Crippen LogP contribution in [0.1, 0.15) is 40.5 Å². The van der Waals surface area contributed by atoms with Crippen LogP contribution in [0.5, 0.6) is 0 Å². The normalized spacial score (nSPS) is 12.9. The molecule has 0 saturated carbocycles. The third-order valence-electron chi connectivity index (χ3n) is 2.35. The van der Waals surface area contributed by atoms with Crippen LogP contribution in [0.25, 0.3) is 0 Å². The van der Waals surface area contributed by atoms with Crippen LogP contribution in [-0.4, -0.2) is 30.8 Å². The maximum atomic E-state index is 10.7. The monoisotopic (exact) mass is 217 g/mol. The molecule has 0 radical (unpaired) electrons. The Labute approximate surface area is 92.1 Å². The van der Waals surface area contributed by atoms with Crippen LogP contribution in [0.3, 0.4) is 0 Å². The van der Waals surface area contributed by atoms with Crippen LogP contribution in [0.15, 0.2) is 0 Å².